The van der Waals surface area contributed by atoms with Crippen molar-refractivity contribution in [2.75, 3.05) is 0 Å². The molecule has 1 unspecified atom stereocenters. The molecule has 0 aromatic heterocycles. The van der Waals surface area contributed by atoms with Gasteiger partial charge in [0.2, 0.25) is 0 Å². The smallest absolute Gasteiger partial charge is 0.161 e. The first-order valence-corrected chi connectivity index (χ1v) is 9.71. The number of aliphatic hydroxyl groups is 2. The molecule has 4 aliphatic carbocycles. The number of ketones is 1. The lowest BCUT2D eigenvalue weighted by Crippen LogP contribution is -2.58. The molecule has 2 N–H and O–H groups in total. The van der Waals surface area contributed by atoms with E-state index in [-0.39, 0.29) is 40.2 Å². The SMILES string of the molecule is CC1(C)C[C@@]2(C)C(=CC1=O)CC[C@H]1[C@@H]3CC[C@H](O)[C@@]3(C)CC(O)[C@@H]12. The van der Waals surface area contributed by atoms with Gasteiger partial charge in [-0.05, 0) is 73.2 Å². The molecule has 4 rings (SSSR count). The molecule has 0 aromatic rings. The van der Waals surface area contributed by atoms with Crippen LogP contribution in [0.1, 0.15) is 66.2 Å². The average Bonchev–Trinajstić information content (AvgIpc) is 2.75. The van der Waals surface area contributed by atoms with Gasteiger partial charge < -0.3 is 10.2 Å². The van der Waals surface area contributed by atoms with Crippen LogP contribution in [0.25, 0.3) is 0 Å². The van der Waals surface area contributed by atoms with Crippen molar-refractivity contribution in [3.63, 3.8) is 0 Å². The van der Waals surface area contributed by atoms with Gasteiger partial charge in [0.25, 0.3) is 0 Å². The third-order valence-electron chi connectivity index (χ3n) is 8.40. The van der Waals surface area contributed by atoms with Crippen molar-refractivity contribution in [3.8, 4) is 0 Å². The van der Waals surface area contributed by atoms with Crippen molar-refractivity contribution in [1.29, 1.82) is 0 Å². The van der Waals surface area contributed by atoms with Crippen LogP contribution < -0.4 is 0 Å². The van der Waals surface area contributed by atoms with Gasteiger partial charge in [-0.25, -0.2) is 0 Å². The Hall–Kier alpha value is -0.670. The molecule has 24 heavy (non-hydrogen) atoms. The monoisotopic (exact) mass is 332 g/mol. The molecule has 7 atom stereocenters. The van der Waals surface area contributed by atoms with Gasteiger partial charge in [0, 0.05) is 5.41 Å². The van der Waals surface area contributed by atoms with Crippen LogP contribution in [0.4, 0.5) is 0 Å². The number of aliphatic hydroxyl groups excluding tert-OH is 2. The van der Waals surface area contributed by atoms with E-state index in [0.29, 0.717) is 18.3 Å². The lowest BCUT2D eigenvalue weighted by atomic mass is 9.44. The minimum absolute atomic E-state index is 0.0748. The number of allylic oxidation sites excluding steroid dienone is 1. The first-order valence-electron chi connectivity index (χ1n) is 9.71. The van der Waals surface area contributed by atoms with E-state index in [1.54, 1.807) is 0 Å². The van der Waals surface area contributed by atoms with Gasteiger partial charge in [-0.1, -0.05) is 33.3 Å². The topological polar surface area (TPSA) is 57.5 Å². The molecule has 0 bridgehead atoms. The predicted molar refractivity (Wildman–Crippen MR) is 93.3 cm³/mol. The number of carbonyl (C=O) groups excluding carboxylic acids is 1. The molecular weight excluding hydrogens is 300 g/mol. The number of carbonyl (C=O) groups is 1. The zero-order valence-electron chi connectivity index (χ0n) is 15.5. The van der Waals surface area contributed by atoms with Gasteiger partial charge in [0.1, 0.15) is 0 Å². The molecule has 0 heterocycles. The summed E-state index contributed by atoms with van der Waals surface area (Å²) in [6, 6.07) is 0. The lowest BCUT2D eigenvalue weighted by molar-refractivity contribution is -0.150. The van der Waals surface area contributed by atoms with Crippen molar-refractivity contribution in [1.82, 2.24) is 0 Å². The van der Waals surface area contributed by atoms with Gasteiger partial charge in [-0.3, -0.25) is 4.79 Å². The summed E-state index contributed by atoms with van der Waals surface area (Å²) in [5.41, 5.74) is 0.733. The van der Waals surface area contributed by atoms with Crippen LogP contribution in [0.5, 0.6) is 0 Å². The van der Waals surface area contributed by atoms with E-state index in [1.165, 1.54) is 5.57 Å². The Morgan fingerprint density at radius 1 is 1.08 bits per heavy atom. The Kier molecular flexibility index (Phi) is 3.46. The minimum atomic E-state index is -0.373. The molecule has 3 fully saturated rings. The molecule has 3 nitrogen and oxygen atoms in total. The Labute approximate surface area is 145 Å². The largest absolute Gasteiger partial charge is 0.393 e. The highest BCUT2D eigenvalue weighted by Crippen LogP contribution is 2.66. The number of hydrogen-bond acceptors (Lipinski definition) is 3. The van der Waals surface area contributed by atoms with E-state index in [9.17, 15) is 15.0 Å². The molecular formula is C21H32O3. The van der Waals surface area contributed by atoms with E-state index in [2.05, 4.69) is 27.7 Å². The molecule has 134 valence electrons. The summed E-state index contributed by atoms with van der Waals surface area (Å²) in [5, 5.41) is 21.7. The number of rotatable bonds is 0. The second kappa shape index (κ2) is 4.94. The van der Waals surface area contributed by atoms with Crippen LogP contribution in [0.15, 0.2) is 11.6 Å². The quantitative estimate of drug-likeness (QED) is 0.714. The van der Waals surface area contributed by atoms with Crippen LogP contribution in [0.2, 0.25) is 0 Å². The third kappa shape index (κ3) is 2.00. The molecule has 3 heteroatoms. The van der Waals surface area contributed by atoms with Gasteiger partial charge in [0.05, 0.1) is 12.2 Å². The van der Waals surface area contributed by atoms with Crippen molar-refractivity contribution in [3.05, 3.63) is 11.6 Å². The van der Waals surface area contributed by atoms with E-state index in [0.717, 1.165) is 32.1 Å². The first kappa shape index (κ1) is 16.8. The maximum Gasteiger partial charge on any atom is 0.161 e. The standard InChI is InChI=1S/C21H32O3/c1-19(2)11-21(4)12(9-17(19)24)5-6-13-14-7-8-16(23)20(14,3)10-15(22)18(13)21/h9,13-16,18,22-23H,5-8,10-11H2,1-4H3/t13-,14-,15?,16-,18+,20-,21-/m0/s1. The van der Waals surface area contributed by atoms with Gasteiger partial charge in [0.15, 0.2) is 5.78 Å². The minimum Gasteiger partial charge on any atom is -0.393 e. The molecule has 4 aliphatic rings. The van der Waals surface area contributed by atoms with E-state index >= 15 is 0 Å². The predicted octanol–water partition coefficient (Wildman–Crippen LogP) is 3.49. The average molecular weight is 332 g/mol. The van der Waals surface area contributed by atoms with Crippen LogP contribution in [-0.4, -0.2) is 28.2 Å². The molecule has 0 radical (unpaired) electrons. The highest BCUT2D eigenvalue weighted by molar-refractivity contribution is 5.96. The van der Waals surface area contributed by atoms with E-state index in [1.807, 2.05) is 6.08 Å². The highest BCUT2D eigenvalue weighted by Gasteiger charge is 2.63. The Morgan fingerprint density at radius 3 is 2.50 bits per heavy atom. The van der Waals surface area contributed by atoms with Crippen molar-refractivity contribution >= 4 is 5.78 Å². The zero-order chi connectivity index (χ0) is 17.5. The second-order valence-corrected chi connectivity index (χ2v) is 10.2. The first-order chi connectivity index (χ1) is 11.1. The second-order valence-electron chi connectivity index (χ2n) is 10.2. The fraction of sp³-hybridized carbons (Fsp3) is 0.857. The van der Waals surface area contributed by atoms with Crippen LogP contribution >= 0.6 is 0 Å². The van der Waals surface area contributed by atoms with Gasteiger partial charge in [-0.15, -0.1) is 0 Å². The summed E-state index contributed by atoms with van der Waals surface area (Å²) < 4.78 is 0. The summed E-state index contributed by atoms with van der Waals surface area (Å²) in [6.45, 7) is 8.59. The van der Waals surface area contributed by atoms with Crippen LogP contribution in [-0.2, 0) is 4.79 Å². The van der Waals surface area contributed by atoms with Crippen LogP contribution in [0.3, 0.4) is 0 Å². The van der Waals surface area contributed by atoms with Crippen molar-refractivity contribution < 1.29 is 15.0 Å². The summed E-state index contributed by atoms with van der Waals surface area (Å²) in [5.74, 6) is 1.47. The summed E-state index contributed by atoms with van der Waals surface area (Å²) in [6.07, 6.45) is 6.81. The van der Waals surface area contributed by atoms with Crippen LogP contribution in [0, 0.1) is 34.0 Å². The summed E-state index contributed by atoms with van der Waals surface area (Å²) in [4.78, 5) is 12.5. The third-order valence-corrected chi connectivity index (χ3v) is 8.40. The maximum atomic E-state index is 12.5. The summed E-state index contributed by atoms with van der Waals surface area (Å²) in [7, 11) is 0. The molecule has 0 amide bonds. The lowest BCUT2D eigenvalue weighted by Gasteiger charge is -2.60. The highest BCUT2D eigenvalue weighted by atomic mass is 16.3. The molecule has 0 aromatic carbocycles. The Morgan fingerprint density at radius 2 is 1.79 bits per heavy atom. The van der Waals surface area contributed by atoms with Gasteiger partial charge in [-0.2, -0.15) is 0 Å². The fourth-order valence-electron chi connectivity index (χ4n) is 7.27. The van der Waals surface area contributed by atoms with Crippen molar-refractivity contribution in [2.45, 2.75) is 78.4 Å². The normalized spacial score (nSPS) is 53.0. The zero-order valence-corrected chi connectivity index (χ0v) is 15.5. The number of hydrogen-bond donors (Lipinski definition) is 2. The van der Waals surface area contributed by atoms with Crippen molar-refractivity contribution in [2.24, 2.45) is 34.0 Å². The number of fused-ring (bicyclic) bond motifs is 5. The Balaban J connectivity index is 1.76. The maximum absolute atomic E-state index is 12.5. The Bertz CT molecular complexity index is 606. The van der Waals surface area contributed by atoms with E-state index in [4.69, 9.17) is 0 Å². The van der Waals surface area contributed by atoms with E-state index < -0.39 is 0 Å². The molecule has 0 aliphatic heterocycles. The molecule has 0 saturated heterocycles. The summed E-state index contributed by atoms with van der Waals surface area (Å²) >= 11 is 0. The molecule has 3 saturated carbocycles. The fourth-order valence-corrected chi connectivity index (χ4v) is 7.27. The van der Waals surface area contributed by atoms with Gasteiger partial charge >= 0.3 is 0 Å². The molecule has 0 spiro atoms.